The van der Waals surface area contributed by atoms with Crippen molar-refractivity contribution in [2.45, 2.75) is 10.6 Å². The van der Waals surface area contributed by atoms with Gasteiger partial charge in [-0.05, 0) is 29.8 Å². The van der Waals surface area contributed by atoms with Gasteiger partial charge in [0.2, 0.25) is 0 Å². The van der Waals surface area contributed by atoms with Crippen LogP contribution in [0.25, 0.3) is 0 Å². The lowest BCUT2D eigenvalue weighted by Gasteiger charge is -2.06. The quantitative estimate of drug-likeness (QED) is 0.712. The van der Waals surface area contributed by atoms with Crippen molar-refractivity contribution in [2.75, 3.05) is 0 Å². The molecular weight excluding hydrogens is 330 g/mol. The number of nitriles is 1. The maximum atomic E-state index is 9.06. The van der Waals surface area contributed by atoms with Gasteiger partial charge in [-0.1, -0.05) is 45.7 Å². The monoisotopic (exact) mass is 337 g/mol. The molecule has 0 saturated heterocycles. The lowest BCUT2D eigenvalue weighted by molar-refractivity contribution is 1.33. The van der Waals surface area contributed by atoms with Crippen molar-refractivity contribution in [1.29, 1.82) is 5.26 Å². The van der Waals surface area contributed by atoms with Gasteiger partial charge in [0, 0.05) is 20.1 Å². The summed E-state index contributed by atoms with van der Waals surface area (Å²) in [4.78, 5) is 0.965. The van der Waals surface area contributed by atoms with Crippen molar-refractivity contribution >= 4 is 39.3 Å². The van der Waals surface area contributed by atoms with Crippen LogP contribution in [-0.2, 0) is 5.75 Å². The number of hydrogen-bond acceptors (Lipinski definition) is 2. The van der Waals surface area contributed by atoms with Crippen LogP contribution in [0.3, 0.4) is 0 Å². The van der Waals surface area contributed by atoms with Gasteiger partial charge in [-0.15, -0.1) is 11.8 Å². The van der Waals surface area contributed by atoms with Crippen molar-refractivity contribution in [3.05, 3.63) is 63.1 Å². The van der Waals surface area contributed by atoms with Gasteiger partial charge in [0.15, 0.2) is 0 Å². The minimum Gasteiger partial charge on any atom is -0.192 e. The van der Waals surface area contributed by atoms with Gasteiger partial charge in [0.1, 0.15) is 6.07 Å². The van der Waals surface area contributed by atoms with E-state index in [0.29, 0.717) is 5.56 Å². The minimum absolute atomic E-state index is 0.690. The van der Waals surface area contributed by atoms with Crippen LogP contribution in [0.15, 0.2) is 51.8 Å². The van der Waals surface area contributed by atoms with E-state index in [1.54, 1.807) is 11.8 Å². The van der Waals surface area contributed by atoms with E-state index in [1.165, 1.54) is 0 Å². The topological polar surface area (TPSA) is 23.8 Å². The van der Waals surface area contributed by atoms with E-state index in [4.69, 9.17) is 16.9 Å². The molecule has 18 heavy (non-hydrogen) atoms. The molecule has 0 unspecified atom stereocenters. The van der Waals surface area contributed by atoms with Crippen molar-refractivity contribution in [3.63, 3.8) is 0 Å². The van der Waals surface area contributed by atoms with E-state index in [2.05, 4.69) is 22.0 Å². The highest BCUT2D eigenvalue weighted by atomic mass is 79.9. The summed E-state index contributed by atoms with van der Waals surface area (Å²) in [5, 5.41) is 9.82. The van der Waals surface area contributed by atoms with Crippen LogP contribution in [0, 0.1) is 11.3 Å². The second kappa shape index (κ2) is 6.29. The average molecular weight is 339 g/mol. The second-order valence-electron chi connectivity index (χ2n) is 3.63. The van der Waals surface area contributed by atoms with E-state index >= 15 is 0 Å². The Hall–Kier alpha value is -0.950. The summed E-state index contributed by atoms with van der Waals surface area (Å²) in [5.41, 5.74) is 1.77. The molecule has 0 saturated carbocycles. The van der Waals surface area contributed by atoms with E-state index in [1.807, 2.05) is 42.5 Å². The Labute approximate surface area is 124 Å². The van der Waals surface area contributed by atoms with Crippen LogP contribution in [0.2, 0.25) is 5.02 Å². The molecule has 2 aromatic rings. The molecule has 0 N–H and O–H groups in total. The number of hydrogen-bond donors (Lipinski definition) is 0. The van der Waals surface area contributed by atoms with Gasteiger partial charge in [-0.2, -0.15) is 5.26 Å². The van der Waals surface area contributed by atoms with Crippen LogP contribution < -0.4 is 0 Å². The van der Waals surface area contributed by atoms with Crippen LogP contribution >= 0.6 is 39.3 Å². The molecule has 0 aliphatic heterocycles. The average Bonchev–Trinajstić information content (AvgIpc) is 2.38. The first-order chi connectivity index (χ1) is 8.70. The molecule has 4 heteroatoms. The third kappa shape index (κ3) is 3.29. The summed E-state index contributed by atoms with van der Waals surface area (Å²) in [6, 6.07) is 15.6. The van der Waals surface area contributed by atoms with Gasteiger partial charge in [0.25, 0.3) is 0 Å². The van der Waals surface area contributed by atoms with Gasteiger partial charge in [0.05, 0.1) is 5.56 Å². The number of nitrogens with zero attached hydrogens (tertiary/aromatic N) is 1. The highest BCUT2D eigenvalue weighted by molar-refractivity contribution is 9.10. The fraction of sp³-hybridized carbons (Fsp3) is 0.0714. The number of benzene rings is 2. The van der Waals surface area contributed by atoms with E-state index in [0.717, 1.165) is 25.7 Å². The zero-order chi connectivity index (χ0) is 13.0. The summed E-state index contributed by atoms with van der Waals surface area (Å²) >= 11 is 11.1. The van der Waals surface area contributed by atoms with Crippen molar-refractivity contribution in [3.8, 4) is 6.07 Å². The maximum Gasteiger partial charge on any atom is 0.100 e. The summed E-state index contributed by atoms with van der Waals surface area (Å²) in [5.74, 6) is 0.755. The molecule has 90 valence electrons. The van der Waals surface area contributed by atoms with Crippen LogP contribution in [0.1, 0.15) is 11.1 Å². The lowest BCUT2D eigenvalue weighted by Crippen LogP contribution is -1.85. The molecule has 0 aliphatic carbocycles. The normalized spacial score (nSPS) is 10.1. The Bertz CT molecular complexity index is 607. The van der Waals surface area contributed by atoms with Crippen LogP contribution in [0.5, 0.6) is 0 Å². The van der Waals surface area contributed by atoms with Crippen LogP contribution in [-0.4, -0.2) is 0 Å². The summed E-state index contributed by atoms with van der Waals surface area (Å²) in [7, 11) is 0. The number of thioether (sulfide) groups is 1. The third-order valence-electron chi connectivity index (χ3n) is 2.41. The van der Waals surface area contributed by atoms with Crippen LogP contribution in [0.4, 0.5) is 0 Å². The molecule has 0 bridgehead atoms. The standard InChI is InChI=1S/C14H9BrClNS/c15-12-6-5-10(8-17)14(7-12)18-9-11-3-1-2-4-13(11)16/h1-7H,9H2. The zero-order valence-corrected chi connectivity index (χ0v) is 12.5. The highest BCUT2D eigenvalue weighted by Crippen LogP contribution is 2.30. The van der Waals surface area contributed by atoms with Gasteiger partial charge >= 0.3 is 0 Å². The molecule has 0 aliphatic rings. The first kappa shape index (κ1) is 13.5. The largest absolute Gasteiger partial charge is 0.192 e. The third-order valence-corrected chi connectivity index (χ3v) is 4.37. The fourth-order valence-electron chi connectivity index (χ4n) is 1.48. The molecule has 0 spiro atoms. The SMILES string of the molecule is N#Cc1ccc(Br)cc1SCc1ccccc1Cl. The molecule has 0 amide bonds. The smallest absolute Gasteiger partial charge is 0.100 e. The van der Waals surface area contributed by atoms with Gasteiger partial charge < -0.3 is 0 Å². The maximum absolute atomic E-state index is 9.06. The first-order valence-corrected chi connectivity index (χ1v) is 7.42. The molecule has 0 radical (unpaired) electrons. The number of halogens is 2. The molecule has 2 rings (SSSR count). The molecule has 0 fully saturated rings. The molecule has 1 nitrogen and oxygen atoms in total. The van der Waals surface area contributed by atoms with Gasteiger partial charge in [-0.3, -0.25) is 0 Å². The number of rotatable bonds is 3. The second-order valence-corrected chi connectivity index (χ2v) is 5.97. The lowest BCUT2D eigenvalue weighted by atomic mass is 10.2. The Morgan fingerprint density at radius 1 is 1.22 bits per heavy atom. The molecule has 0 aromatic heterocycles. The first-order valence-electron chi connectivity index (χ1n) is 5.26. The van der Waals surface area contributed by atoms with E-state index in [-0.39, 0.29) is 0 Å². The van der Waals surface area contributed by atoms with Crippen molar-refractivity contribution < 1.29 is 0 Å². The molecular formula is C14H9BrClNS. The Morgan fingerprint density at radius 3 is 2.72 bits per heavy atom. The Morgan fingerprint density at radius 2 is 2.00 bits per heavy atom. The van der Waals surface area contributed by atoms with Crippen molar-refractivity contribution in [2.24, 2.45) is 0 Å². The zero-order valence-electron chi connectivity index (χ0n) is 9.36. The van der Waals surface area contributed by atoms with E-state index < -0.39 is 0 Å². The Balaban J connectivity index is 2.18. The fourth-order valence-corrected chi connectivity index (χ4v) is 3.32. The Kier molecular flexibility index (Phi) is 4.71. The summed E-state index contributed by atoms with van der Waals surface area (Å²) in [6.07, 6.45) is 0. The predicted octanol–water partition coefficient (Wildman–Crippen LogP) is 5.27. The summed E-state index contributed by atoms with van der Waals surface area (Å²) in [6.45, 7) is 0. The predicted molar refractivity (Wildman–Crippen MR) is 79.9 cm³/mol. The molecule has 2 aromatic carbocycles. The summed E-state index contributed by atoms with van der Waals surface area (Å²) < 4.78 is 0.975. The van der Waals surface area contributed by atoms with Crippen molar-refractivity contribution in [1.82, 2.24) is 0 Å². The minimum atomic E-state index is 0.690. The highest BCUT2D eigenvalue weighted by Gasteiger charge is 2.05. The molecule has 0 atom stereocenters. The van der Waals surface area contributed by atoms with Gasteiger partial charge in [-0.25, -0.2) is 0 Å². The van der Waals surface area contributed by atoms with E-state index in [9.17, 15) is 0 Å². The molecule has 0 heterocycles.